The van der Waals surface area contributed by atoms with Crippen LogP contribution in [0, 0.1) is 29.0 Å². The lowest BCUT2D eigenvalue weighted by Crippen LogP contribution is -2.51. The molecule has 5 rings (SSSR count). The van der Waals surface area contributed by atoms with Crippen LogP contribution in [0.2, 0.25) is 0 Å². The van der Waals surface area contributed by atoms with Crippen molar-refractivity contribution in [3.05, 3.63) is 34.1 Å². The molecule has 0 aliphatic heterocycles. The average Bonchev–Trinajstić information content (AvgIpc) is 2.39. The lowest BCUT2D eigenvalue weighted by Gasteiger charge is -2.59. The van der Waals surface area contributed by atoms with Gasteiger partial charge in [-0.3, -0.25) is 0 Å². The van der Waals surface area contributed by atoms with Gasteiger partial charge in [0.05, 0.1) is 0 Å². The first-order valence-corrected chi connectivity index (χ1v) is 8.55. The van der Waals surface area contributed by atoms with Crippen molar-refractivity contribution >= 4 is 15.9 Å². The molecule has 0 aromatic heterocycles. The van der Waals surface area contributed by atoms with E-state index in [2.05, 4.69) is 15.9 Å². The molecular formula is C17H21BrFN. The van der Waals surface area contributed by atoms with Crippen LogP contribution in [-0.4, -0.2) is 0 Å². The van der Waals surface area contributed by atoms with E-state index < -0.39 is 0 Å². The zero-order valence-electron chi connectivity index (χ0n) is 11.6. The molecule has 1 atom stereocenters. The van der Waals surface area contributed by atoms with Crippen LogP contribution in [0.25, 0.3) is 0 Å². The van der Waals surface area contributed by atoms with Gasteiger partial charge in [0.15, 0.2) is 0 Å². The molecule has 0 spiro atoms. The van der Waals surface area contributed by atoms with Crippen LogP contribution >= 0.6 is 15.9 Å². The Labute approximate surface area is 128 Å². The minimum absolute atomic E-state index is 0.142. The highest BCUT2D eigenvalue weighted by Gasteiger charge is 2.53. The maximum absolute atomic E-state index is 14.2. The van der Waals surface area contributed by atoms with E-state index in [-0.39, 0.29) is 17.3 Å². The van der Waals surface area contributed by atoms with E-state index in [1.165, 1.54) is 38.5 Å². The lowest BCUT2D eigenvalue weighted by atomic mass is 9.47. The molecule has 0 heterocycles. The number of hydrogen-bond acceptors (Lipinski definition) is 1. The number of hydrogen-bond donors (Lipinski definition) is 1. The van der Waals surface area contributed by atoms with Crippen molar-refractivity contribution in [2.45, 2.75) is 44.6 Å². The van der Waals surface area contributed by atoms with E-state index in [0.29, 0.717) is 5.56 Å². The molecule has 1 aromatic rings. The van der Waals surface area contributed by atoms with E-state index >= 15 is 0 Å². The molecule has 0 radical (unpaired) electrons. The Morgan fingerprint density at radius 2 is 1.65 bits per heavy atom. The second-order valence-corrected chi connectivity index (χ2v) is 8.34. The smallest absolute Gasteiger partial charge is 0.128 e. The summed E-state index contributed by atoms with van der Waals surface area (Å²) < 4.78 is 15.1. The summed E-state index contributed by atoms with van der Waals surface area (Å²) in [6, 6.07) is 5.04. The summed E-state index contributed by atoms with van der Waals surface area (Å²) >= 11 is 3.45. The zero-order chi connectivity index (χ0) is 13.9. The van der Waals surface area contributed by atoms with Gasteiger partial charge in [0.25, 0.3) is 0 Å². The van der Waals surface area contributed by atoms with Crippen LogP contribution in [0.3, 0.4) is 0 Å². The lowest BCUT2D eigenvalue weighted by molar-refractivity contribution is -0.0682. The van der Waals surface area contributed by atoms with Crippen molar-refractivity contribution in [2.75, 3.05) is 0 Å². The second-order valence-electron chi connectivity index (χ2n) is 7.42. The minimum atomic E-state index is -0.145. The molecular weight excluding hydrogens is 317 g/mol. The molecule has 1 nitrogen and oxygen atoms in total. The van der Waals surface area contributed by atoms with Gasteiger partial charge in [-0.2, -0.15) is 0 Å². The summed E-state index contributed by atoms with van der Waals surface area (Å²) in [4.78, 5) is 0. The quantitative estimate of drug-likeness (QED) is 0.823. The van der Waals surface area contributed by atoms with Gasteiger partial charge in [-0.05, 0) is 79.9 Å². The number of benzene rings is 1. The van der Waals surface area contributed by atoms with E-state index in [1.54, 1.807) is 12.1 Å². The van der Waals surface area contributed by atoms with Crippen molar-refractivity contribution in [3.8, 4) is 0 Å². The SMILES string of the molecule is NC(c1cc(Br)ccc1F)C12CC3CC(CC(C3)C1)C2. The molecule has 4 aliphatic carbocycles. The highest BCUT2D eigenvalue weighted by Crippen LogP contribution is 2.63. The average molecular weight is 338 g/mol. The van der Waals surface area contributed by atoms with Gasteiger partial charge in [0.1, 0.15) is 5.82 Å². The topological polar surface area (TPSA) is 26.0 Å². The summed E-state index contributed by atoms with van der Waals surface area (Å²) in [5.41, 5.74) is 7.48. The standard InChI is InChI=1S/C17H21BrFN/c18-13-1-2-15(19)14(6-13)16(20)17-7-10-3-11(8-17)5-12(4-10)9-17/h1-2,6,10-12,16H,3-5,7-9,20H2. The molecule has 2 N–H and O–H groups in total. The first-order valence-electron chi connectivity index (χ1n) is 7.76. The van der Waals surface area contributed by atoms with Crippen LogP contribution in [0.4, 0.5) is 4.39 Å². The third-order valence-corrected chi connectivity index (χ3v) is 6.53. The molecule has 1 aromatic carbocycles. The normalized spacial score (nSPS) is 40.0. The fourth-order valence-corrected chi connectivity index (χ4v) is 6.02. The first-order chi connectivity index (χ1) is 9.56. The maximum Gasteiger partial charge on any atom is 0.128 e. The third kappa shape index (κ3) is 1.97. The van der Waals surface area contributed by atoms with Crippen LogP contribution in [-0.2, 0) is 0 Å². The molecule has 1 unspecified atom stereocenters. The first kappa shape index (κ1) is 13.3. The fourth-order valence-electron chi connectivity index (χ4n) is 5.64. The van der Waals surface area contributed by atoms with Gasteiger partial charge < -0.3 is 5.73 Å². The summed E-state index contributed by atoms with van der Waals surface area (Å²) in [6.45, 7) is 0. The molecule has 4 fully saturated rings. The van der Waals surface area contributed by atoms with Gasteiger partial charge in [-0.25, -0.2) is 4.39 Å². The van der Waals surface area contributed by atoms with Gasteiger partial charge in [-0.15, -0.1) is 0 Å². The van der Waals surface area contributed by atoms with Crippen LogP contribution in [0.1, 0.15) is 50.1 Å². The monoisotopic (exact) mass is 337 g/mol. The molecule has 4 aliphatic rings. The molecule has 108 valence electrons. The Bertz CT molecular complexity index is 507. The van der Waals surface area contributed by atoms with Crippen molar-refractivity contribution in [3.63, 3.8) is 0 Å². The van der Waals surface area contributed by atoms with Crippen molar-refractivity contribution in [2.24, 2.45) is 28.9 Å². The number of nitrogens with two attached hydrogens (primary N) is 1. The highest BCUT2D eigenvalue weighted by atomic mass is 79.9. The summed E-state index contributed by atoms with van der Waals surface area (Å²) in [7, 11) is 0. The summed E-state index contributed by atoms with van der Waals surface area (Å²) in [5.74, 6) is 2.41. The maximum atomic E-state index is 14.2. The Hall–Kier alpha value is -0.410. The van der Waals surface area contributed by atoms with E-state index in [0.717, 1.165) is 22.2 Å². The van der Waals surface area contributed by atoms with Gasteiger partial charge in [0, 0.05) is 16.1 Å². The predicted octanol–water partition coefficient (Wildman–Crippen LogP) is 4.80. The Kier molecular flexibility index (Phi) is 3.01. The largest absolute Gasteiger partial charge is 0.323 e. The van der Waals surface area contributed by atoms with Crippen molar-refractivity contribution < 1.29 is 4.39 Å². The van der Waals surface area contributed by atoms with Crippen LogP contribution in [0.5, 0.6) is 0 Å². The summed E-state index contributed by atoms with van der Waals surface area (Å²) in [6.07, 6.45) is 7.83. The molecule has 4 bridgehead atoms. The Morgan fingerprint density at radius 3 is 2.20 bits per heavy atom. The van der Waals surface area contributed by atoms with E-state index in [1.807, 2.05) is 6.07 Å². The Morgan fingerprint density at radius 1 is 1.10 bits per heavy atom. The highest BCUT2D eigenvalue weighted by molar-refractivity contribution is 9.10. The predicted molar refractivity (Wildman–Crippen MR) is 81.6 cm³/mol. The minimum Gasteiger partial charge on any atom is -0.323 e. The molecule has 0 amide bonds. The Balaban J connectivity index is 1.71. The summed E-state index contributed by atoms with van der Waals surface area (Å²) in [5, 5.41) is 0. The fraction of sp³-hybridized carbons (Fsp3) is 0.647. The molecule has 3 heteroatoms. The van der Waals surface area contributed by atoms with Crippen molar-refractivity contribution in [1.82, 2.24) is 0 Å². The van der Waals surface area contributed by atoms with Gasteiger partial charge in [0.2, 0.25) is 0 Å². The number of rotatable bonds is 2. The van der Waals surface area contributed by atoms with Crippen LogP contribution < -0.4 is 5.73 Å². The van der Waals surface area contributed by atoms with Gasteiger partial charge in [-0.1, -0.05) is 15.9 Å². The van der Waals surface area contributed by atoms with Crippen LogP contribution in [0.15, 0.2) is 22.7 Å². The molecule has 4 saturated carbocycles. The second kappa shape index (κ2) is 4.54. The molecule has 20 heavy (non-hydrogen) atoms. The van der Waals surface area contributed by atoms with Crippen molar-refractivity contribution in [1.29, 1.82) is 0 Å². The van der Waals surface area contributed by atoms with E-state index in [4.69, 9.17) is 5.73 Å². The van der Waals surface area contributed by atoms with E-state index in [9.17, 15) is 4.39 Å². The molecule has 0 saturated heterocycles. The third-order valence-electron chi connectivity index (χ3n) is 6.04. The zero-order valence-corrected chi connectivity index (χ0v) is 13.2. The van der Waals surface area contributed by atoms with Gasteiger partial charge >= 0.3 is 0 Å². The number of halogens is 2.